The predicted molar refractivity (Wildman–Crippen MR) is 137 cm³/mol. The molecule has 1 aromatic heterocycles. The van der Waals surface area contributed by atoms with Crippen molar-refractivity contribution < 1.29 is 14.1 Å². The number of aryl methyl sites for hydroxylation is 2. The van der Waals surface area contributed by atoms with Crippen LogP contribution in [0.3, 0.4) is 0 Å². The molecule has 190 valence electrons. The Bertz CT molecular complexity index is 640. The fourth-order valence-corrected chi connectivity index (χ4v) is 5.41. The Morgan fingerprint density at radius 3 is 1.88 bits per heavy atom. The molecule has 1 aliphatic heterocycles. The Morgan fingerprint density at radius 1 is 0.848 bits per heavy atom. The second kappa shape index (κ2) is 17.2. The van der Waals surface area contributed by atoms with Gasteiger partial charge in [-0.05, 0) is 19.3 Å². The first-order valence-corrected chi connectivity index (χ1v) is 14.4. The van der Waals surface area contributed by atoms with Crippen LogP contribution in [-0.2, 0) is 29.5 Å². The number of nitrogens with zero attached hydrogens (tertiary/aromatic N) is 2. The Balaban J connectivity index is 1.46. The van der Waals surface area contributed by atoms with Crippen LogP contribution in [0.4, 0.5) is 0 Å². The largest absolute Gasteiger partial charge is 0.465 e. The summed E-state index contributed by atoms with van der Waals surface area (Å²) in [7, 11) is 2.10. The Labute approximate surface area is 204 Å². The van der Waals surface area contributed by atoms with Gasteiger partial charge in [0.2, 0.25) is 6.33 Å². The van der Waals surface area contributed by atoms with Gasteiger partial charge in [0.05, 0.1) is 26.1 Å². The highest BCUT2D eigenvalue weighted by Crippen LogP contribution is 2.28. The topological polar surface area (TPSA) is 35.1 Å². The fourth-order valence-electron chi connectivity index (χ4n) is 5.41. The lowest BCUT2D eigenvalue weighted by Crippen LogP contribution is -2.24. The molecule has 33 heavy (non-hydrogen) atoms. The monoisotopic (exact) mass is 461 g/mol. The summed E-state index contributed by atoms with van der Waals surface area (Å²) in [5.74, 6) is 0.416. The lowest BCUT2D eigenvalue weighted by Gasteiger charge is -2.12. The molecule has 0 aromatic carbocycles. The molecule has 2 atom stereocenters. The summed E-state index contributed by atoms with van der Waals surface area (Å²) in [6, 6.07) is 0. The average Bonchev–Trinajstić information content (AvgIpc) is 3.34. The van der Waals surface area contributed by atoms with Crippen LogP contribution in [0.25, 0.3) is 0 Å². The second-order valence-corrected chi connectivity index (χ2v) is 10.5. The maximum Gasteiger partial charge on any atom is 0.309 e. The van der Waals surface area contributed by atoms with Crippen molar-refractivity contribution in [2.75, 3.05) is 6.61 Å². The molecule has 0 unspecified atom stereocenters. The molecule has 2 rings (SSSR count). The SMILES string of the molecule is CCCCCCCCCCCCCCCCCCn1c[n+](C)cc1C[C@H]1COC(=O)[C@H]1CC. The van der Waals surface area contributed by atoms with E-state index in [0.717, 1.165) is 19.4 Å². The van der Waals surface area contributed by atoms with Gasteiger partial charge in [-0.15, -0.1) is 0 Å². The number of ether oxygens (including phenoxy) is 1. The summed E-state index contributed by atoms with van der Waals surface area (Å²) < 4.78 is 9.88. The minimum Gasteiger partial charge on any atom is -0.465 e. The normalized spacial score (nSPS) is 18.2. The zero-order valence-corrected chi connectivity index (χ0v) is 22.2. The number of rotatable bonds is 20. The van der Waals surface area contributed by atoms with Gasteiger partial charge >= 0.3 is 5.97 Å². The average molecular weight is 462 g/mol. The first kappa shape index (κ1) is 27.9. The van der Waals surface area contributed by atoms with Gasteiger partial charge < -0.3 is 4.74 Å². The maximum atomic E-state index is 11.9. The van der Waals surface area contributed by atoms with Crippen molar-refractivity contribution in [2.24, 2.45) is 18.9 Å². The van der Waals surface area contributed by atoms with Crippen molar-refractivity contribution in [1.29, 1.82) is 0 Å². The highest BCUT2D eigenvalue weighted by molar-refractivity contribution is 5.74. The number of aromatic nitrogens is 2. The van der Waals surface area contributed by atoms with Crippen molar-refractivity contribution in [3.8, 4) is 0 Å². The van der Waals surface area contributed by atoms with Crippen LogP contribution in [0.5, 0.6) is 0 Å². The van der Waals surface area contributed by atoms with E-state index in [4.69, 9.17) is 4.74 Å². The van der Waals surface area contributed by atoms with E-state index < -0.39 is 0 Å². The molecule has 1 aromatic rings. The van der Waals surface area contributed by atoms with Gasteiger partial charge in [0, 0.05) is 12.3 Å². The molecule has 0 bridgehead atoms. The van der Waals surface area contributed by atoms with Crippen molar-refractivity contribution in [1.82, 2.24) is 4.57 Å². The van der Waals surface area contributed by atoms with Crippen LogP contribution >= 0.6 is 0 Å². The maximum absolute atomic E-state index is 11.9. The lowest BCUT2D eigenvalue weighted by molar-refractivity contribution is -0.671. The van der Waals surface area contributed by atoms with E-state index in [9.17, 15) is 4.79 Å². The second-order valence-electron chi connectivity index (χ2n) is 10.5. The fraction of sp³-hybridized carbons (Fsp3) is 0.862. The molecule has 4 heteroatoms. The van der Waals surface area contributed by atoms with Gasteiger partial charge in [-0.3, -0.25) is 4.79 Å². The minimum absolute atomic E-state index is 0.00258. The van der Waals surface area contributed by atoms with Gasteiger partial charge in [0.1, 0.15) is 11.9 Å². The molecule has 0 radical (unpaired) electrons. The van der Waals surface area contributed by atoms with Crippen LogP contribution in [0.15, 0.2) is 12.5 Å². The first-order valence-electron chi connectivity index (χ1n) is 14.4. The van der Waals surface area contributed by atoms with E-state index in [2.05, 4.69) is 42.6 Å². The van der Waals surface area contributed by atoms with Crippen molar-refractivity contribution in [2.45, 2.75) is 136 Å². The van der Waals surface area contributed by atoms with Crippen molar-refractivity contribution in [3.63, 3.8) is 0 Å². The summed E-state index contributed by atoms with van der Waals surface area (Å²) >= 11 is 0. The number of hydrogen-bond donors (Lipinski definition) is 0. The third-order valence-electron chi connectivity index (χ3n) is 7.52. The van der Waals surface area contributed by atoms with Gasteiger partial charge in [-0.2, -0.15) is 0 Å². The summed E-state index contributed by atoms with van der Waals surface area (Å²) in [5, 5.41) is 0. The molecule has 0 spiro atoms. The quantitative estimate of drug-likeness (QED) is 0.116. The number of hydrogen-bond acceptors (Lipinski definition) is 2. The lowest BCUT2D eigenvalue weighted by atomic mass is 9.89. The van der Waals surface area contributed by atoms with E-state index in [-0.39, 0.29) is 11.9 Å². The Hall–Kier alpha value is -1.32. The molecule has 1 aliphatic rings. The highest BCUT2D eigenvalue weighted by atomic mass is 16.5. The van der Waals surface area contributed by atoms with Crippen LogP contribution < -0.4 is 4.57 Å². The van der Waals surface area contributed by atoms with E-state index in [1.54, 1.807) is 0 Å². The van der Waals surface area contributed by atoms with Crippen LogP contribution in [-0.4, -0.2) is 17.1 Å². The molecule has 1 fully saturated rings. The van der Waals surface area contributed by atoms with Gasteiger partial charge in [-0.1, -0.05) is 104 Å². The molecule has 0 aliphatic carbocycles. The predicted octanol–water partition coefficient (Wildman–Crippen LogP) is 7.32. The molecule has 0 amide bonds. The molecular weight excluding hydrogens is 408 g/mol. The summed E-state index contributed by atoms with van der Waals surface area (Å²) in [6.07, 6.45) is 28.8. The number of carbonyl (C=O) groups is 1. The van der Waals surface area contributed by atoms with Crippen molar-refractivity contribution >= 4 is 5.97 Å². The number of imidazole rings is 1. The van der Waals surface area contributed by atoms with E-state index >= 15 is 0 Å². The summed E-state index contributed by atoms with van der Waals surface area (Å²) in [5.41, 5.74) is 1.35. The number of carbonyl (C=O) groups excluding carboxylic acids is 1. The third kappa shape index (κ3) is 11.1. The zero-order valence-electron chi connectivity index (χ0n) is 22.2. The zero-order chi connectivity index (χ0) is 23.7. The van der Waals surface area contributed by atoms with Gasteiger partial charge in [0.15, 0.2) is 0 Å². The smallest absolute Gasteiger partial charge is 0.309 e. The minimum atomic E-state index is 0.00258. The molecule has 1 saturated heterocycles. The number of cyclic esters (lactones) is 1. The number of unbranched alkanes of at least 4 members (excludes halogenated alkanes) is 15. The molecular formula is C29H53N2O2+. The van der Waals surface area contributed by atoms with Gasteiger partial charge in [0.25, 0.3) is 0 Å². The summed E-state index contributed by atoms with van der Waals surface area (Å²) in [4.78, 5) is 11.9. The molecule has 0 N–H and O–H groups in total. The van der Waals surface area contributed by atoms with Crippen LogP contribution in [0.1, 0.15) is 129 Å². The third-order valence-corrected chi connectivity index (χ3v) is 7.52. The highest BCUT2D eigenvalue weighted by Gasteiger charge is 2.36. The van der Waals surface area contributed by atoms with Crippen LogP contribution in [0, 0.1) is 11.8 Å². The summed E-state index contributed by atoms with van der Waals surface area (Å²) in [6.45, 7) is 6.07. The molecule has 4 nitrogen and oxygen atoms in total. The number of esters is 1. The van der Waals surface area contributed by atoms with Crippen LogP contribution in [0.2, 0.25) is 0 Å². The first-order chi connectivity index (χ1) is 16.2. The molecule has 0 saturated carbocycles. The Kier molecular flexibility index (Phi) is 14.5. The standard InChI is InChI=1S/C29H53N2O2/c1-4-6-7-8-9-10-11-12-13-14-15-16-17-18-19-20-21-31-25-30(3)23-27(31)22-26-24-33-29(32)28(26)5-2/h23,25-26,28H,4-22,24H2,1-3H3/q+1/t26-,28-/m0/s1. The Morgan fingerprint density at radius 2 is 1.36 bits per heavy atom. The van der Waals surface area contributed by atoms with E-state index in [0.29, 0.717) is 12.5 Å². The van der Waals surface area contributed by atoms with Crippen molar-refractivity contribution in [3.05, 3.63) is 18.2 Å². The van der Waals surface area contributed by atoms with Gasteiger partial charge in [-0.25, -0.2) is 9.13 Å². The van der Waals surface area contributed by atoms with E-state index in [1.807, 2.05) is 0 Å². The van der Waals surface area contributed by atoms with E-state index in [1.165, 1.54) is 108 Å². The molecule has 2 heterocycles.